The van der Waals surface area contributed by atoms with Crippen molar-refractivity contribution in [3.05, 3.63) is 200 Å². The van der Waals surface area contributed by atoms with E-state index in [1.165, 1.54) is 53.2 Å². The van der Waals surface area contributed by atoms with Crippen LogP contribution in [0.4, 0.5) is 11.4 Å². The Morgan fingerprint density at radius 1 is 0.491 bits per heavy atom. The summed E-state index contributed by atoms with van der Waals surface area (Å²) in [7, 11) is 0. The second kappa shape index (κ2) is 12.7. The van der Waals surface area contributed by atoms with E-state index in [1.54, 1.807) is 0 Å². The smallest absolute Gasteiger partial charge is 0.161 e. The van der Waals surface area contributed by atoms with Crippen LogP contribution < -0.4 is 4.90 Å². The lowest BCUT2D eigenvalue weighted by Crippen LogP contribution is -2.28. The topological polar surface area (TPSA) is 34.0 Å². The number of nitrogens with zero attached hydrogens (tertiary/aromatic N) is 4. The number of fused-ring (bicyclic) bond motifs is 9. The first-order chi connectivity index (χ1) is 28.3. The lowest BCUT2D eigenvalue weighted by molar-refractivity contribution is 0.745. The van der Waals surface area contributed by atoms with Gasteiger partial charge >= 0.3 is 0 Å². The Morgan fingerprint density at radius 2 is 1.14 bits per heavy atom. The zero-order valence-corrected chi connectivity index (χ0v) is 31.6. The highest BCUT2D eigenvalue weighted by atomic mass is 32.1. The number of para-hydroxylation sites is 2. The molecule has 0 N–H and O–H groups in total. The third kappa shape index (κ3) is 5.06. The van der Waals surface area contributed by atoms with Crippen molar-refractivity contribution in [1.29, 1.82) is 0 Å². The van der Waals surface area contributed by atoms with Crippen molar-refractivity contribution in [2.45, 2.75) is 12.0 Å². The number of rotatable bonds is 5. The summed E-state index contributed by atoms with van der Waals surface area (Å²) in [6, 6.07) is 61.1. The number of hydrogen-bond acceptors (Lipinski definition) is 4. The minimum absolute atomic E-state index is 0.111. The summed E-state index contributed by atoms with van der Waals surface area (Å²) in [6.07, 6.45) is 9.16. The standard InChI is InChI=1S/C52H34N4S/c1-4-16-33(17-5-1)44-31-45(34-18-6-2-7-19-34)54-52(53-44)43-29-36(28-42-39-24-12-15-27-50(39)57-51(42)43)56-47-26-14-11-23-38(47)41-30-40-37-22-10-13-25-46(37)55(48(40)32-49(41)56)35-20-8-3-9-21-35/h1-32,38,47H. The van der Waals surface area contributed by atoms with Crippen molar-refractivity contribution in [2.24, 2.45) is 0 Å². The van der Waals surface area contributed by atoms with Gasteiger partial charge in [0, 0.05) is 70.6 Å². The van der Waals surface area contributed by atoms with Crippen molar-refractivity contribution in [3.8, 4) is 39.6 Å². The van der Waals surface area contributed by atoms with Crippen LogP contribution in [0.1, 0.15) is 11.5 Å². The molecule has 1 aliphatic carbocycles. The molecule has 0 amide bonds. The van der Waals surface area contributed by atoms with Crippen molar-refractivity contribution in [2.75, 3.05) is 4.90 Å². The molecule has 4 heterocycles. The third-order valence-corrected chi connectivity index (χ3v) is 12.9. The second-order valence-corrected chi connectivity index (χ2v) is 16.0. The molecule has 0 radical (unpaired) electrons. The summed E-state index contributed by atoms with van der Waals surface area (Å²) < 4.78 is 4.87. The first-order valence-corrected chi connectivity index (χ1v) is 20.3. The minimum atomic E-state index is 0.111. The maximum Gasteiger partial charge on any atom is 0.161 e. The largest absolute Gasteiger partial charge is 0.333 e. The molecule has 0 saturated carbocycles. The molecule has 57 heavy (non-hydrogen) atoms. The first-order valence-electron chi connectivity index (χ1n) is 19.5. The van der Waals surface area contributed by atoms with Crippen LogP contribution in [0.25, 0.3) is 81.6 Å². The monoisotopic (exact) mass is 746 g/mol. The van der Waals surface area contributed by atoms with E-state index >= 15 is 0 Å². The van der Waals surface area contributed by atoms with Gasteiger partial charge in [-0.3, -0.25) is 0 Å². The molecule has 0 fully saturated rings. The lowest BCUT2D eigenvalue weighted by atomic mass is 9.90. The fraction of sp³-hybridized carbons (Fsp3) is 0.0385. The van der Waals surface area contributed by atoms with Crippen LogP contribution in [-0.4, -0.2) is 20.6 Å². The van der Waals surface area contributed by atoms with Crippen molar-refractivity contribution >= 4 is 64.7 Å². The maximum atomic E-state index is 5.37. The van der Waals surface area contributed by atoms with Crippen LogP contribution in [-0.2, 0) is 0 Å². The van der Waals surface area contributed by atoms with Gasteiger partial charge in [0.2, 0.25) is 0 Å². The van der Waals surface area contributed by atoms with Crippen LogP contribution in [0.15, 0.2) is 194 Å². The van der Waals surface area contributed by atoms with E-state index in [4.69, 9.17) is 9.97 Å². The summed E-state index contributed by atoms with van der Waals surface area (Å²) in [5.41, 5.74) is 12.2. The molecule has 3 aromatic heterocycles. The molecule has 268 valence electrons. The van der Waals surface area contributed by atoms with E-state index in [0.717, 1.165) is 45.3 Å². The van der Waals surface area contributed by atoms with Gasteiger partial charge in [0.25, 0.3) is 0 Å². The lowest BCUT2D eigenvalue weighted by Gasteiger charge is -2.29. The van der Waals surface area contributed by atoms with Crippen molar-refractivity contribution < 1.29 is 0 Å². The highest BCUT2D eigenvalue weighted by Crippen LogP contribution is 2.52. The number of thiophene rings is 1. The predicted octanol–water partition coefficient (Wildman–Crippen LogP) is 13.7. The number of anilines is 2. The van der Waals surface area contributed by atoms with Gasteiger partial charge in [0.1, 0.15) is 0 Å². The van der Waals surface area contributed by atoms with Gasteiger partial charge in [0.15, 0.2) is 5.82 Å². The Labute approximate surface area is 334 Å². The van der Waals surface area contributed by atoms with Crippen LogP contribution in [0, 0.1) is 0 Å². The average molecular weight is 747 g/mol. The molecule has 0 bridgehead atoms. The van der Waals surface area contributed by atoms with Gasteiger partial charge in [-0.05, 0) is 60.2 Å². The van der Waals surface area contributed by atoms with Gasteiger partial charge in [-0.1, -0.05) is 140 Å². The predicted molar refractivity (Wildman–Crippen MR) is 239 cm³/mol. The molecule has 0 spiro atoms. The summed E-state index contributed by atoms with van der Waals surface area (Å²) >= 11 is 1.82. The fourth-order valence-electron chi connectivity index (χ4n) is 9.15. The van der Waals surface area contributed by atoms with Gasteiger partial charge in [0.05, 0.1) is 28.5 Å². The van der Waals surface area contributed by atoms with E-state index in [0.29, 0.717) is 0 Å². The molecule has 5 heteroatoms. The quantitative estimate of drug-likeness (QED) is 0.176. The molecule has 2 unspecified atom stereocenters. The third-order valence-electron chi connectivity index (χ3n) is 11.7. The normalized spacial score (nSPS) is 15.9. The van der Waals surface area contributed by atoms with Gasteiger partial charge in [-0.15, -0.1) is 11.3 Å². The highest BCUT2D eigenvalue weighted by Gasteiger charge is 2.39. The summed E-state index contributed by atoms with van der Waals surface area (Å²) in [6.45, 7) is 0. The van der Waals surface area contributed by atoms with E-state index in [9.17, 15) is 0 Å². The molecular weight excluding hydrogens is 713 g/mol. The van der Waals surface area contributed by atoms with Crippen molar-refractivity contribution in [3.63, 3.8) is 0 Å². The van der Waals surface area contributed by atoms with Gasteiger partial charge in [-0.2, -0.15) is 0 Å². The molecule has 12 rings (SSSR count). The number of hydrogen-bond donors (Lipinski definition) is 0. The zero-order valence-electron chi connectivity index (χ0n) is 30.8. The van der Waals surface area contributed by atoms with Gasteiger partial charge in [-0.25, -0.2) is 9.97 Å². The minimum Gasteiger partial charge on any atom is -0.333 e. The Kier molecular flexibility index (Phi) is 7.19. The molecule has 2 atom stereocenters. The summed E-state index contributed by atoms with van der Waals surface area (Å²) in [5.74, 6) is 0.928. The number of benzene rings is 7. The molecule has 2 aliphatic rings. The number of aromatic nitrogens is 3. The zero-order chi connectivity index (χ0) is 37.5. The first kappa shape index (κ1) is 32.2. The maximum absolute atomic E-state index is 5.37. The Hall–Kier alpha value is -7.08. The SMILES string of the molecule is C1=CC2c3cc4c5ccccc5n(-c5ccccc5)c4cc3N(c3cc(-c4nc(-c5ccccc5)cc(-c5ccccc5)n4)c4sc5ccccc5c4c3)C2C=C1. The fourth-order valence-corrected chi connectivity index (χ4v) is 10.3. The average Bonchev–Trinajstić information content (AvgIpc) is 3.93. The molecule has 0 saturated heterocycles. The van der Waals surface area contributed by atoms with E-state index in [-0.39, 0.29) is 12.0 Å². The summed E-state index contributed by atoms with van der Waals surface area (Å²) in [4.78, 5) is 13.3. The second-order valence-electron chi connectivity index (χ2n) is 14.9. The van der Waals surface area contributed by atoms with Crippen LogP contribution in [0.2, 0.25) is 0 Å². The molecule has 10 aromatic rings. The molecule has 4 nitrogen and oxygen atoms in total. The Balaban J connectivity index is 1.14. The van der Waals surface area contributed by atoms with Gasteiger partial charge < -0.3 is 9.47 Å². The van der Waals surface area contributed by atoms with Crippen LogP contribution in [0.5, 0.6) is 0 Å². The summed E-state index contributed by atoms with van der Waals surface area (Å²) in [5, 5.41) is 5.01. The Bertz CT molecular complexity index is 3190. The van der Waals surface area contributed by atoms with Crippen LogP contribution in [0.3, 0.4) is 0 Å². The number of allylic oxidation sites excluding steroid dienone is 2. The Morgan fingerprint density at radius 3 is 1.89 bits per heavy atom. The van der Waals surface area contributed by atoms with Crippen molar-refractivity contribution in [1.82, 2.24) is 14.5 Å². The molecule has 1 aliphatic heterocycles. The molecule has 7 aromatic carbocycles. The molecular formula is C52H34N4S. The van der Waals surface area contributed by atoms with E-state index < -0.39 is 0 Å². The van der Waals surface area contributed by atoms with Crippen LogP contribution >= 0.6 is 11.3 Å². The van der Waals surface area contributed by atoms with E-state index in [1.807, 2.05) is 11.3 Å². The van der Waals surface area contributed by atoms with E-state index in [2.05, 4.69) is 204 Å². The highest BCUT2D eigenvalue weighted by molar-refractivity contribution is 7.26.